The molecule has 0 radical (unpaired) electrons. The summed E-state index contributed by atoms with van der Waals surface area (Å²) in [6.07, 6.45) is 0.705. The zero-order valence-electron chi connectivity index (χ0n) is 12.7. The number of carbonyl (C=O) groups is 3. The molecule has 0 fully saturated rings. The Kier molecular flexibility index (Phi) is 6.91. The number of halogens is 2. The Labute approximate surface area is 131 Å². The zero-order chi connectivity index (χ0) is 17.4. The summed E-state index contributed by atoms with van der Waals surface area (Å²) in [6, 6.07) is 0.718. The van der Waals surface area contributed by atoms with Crippen molar-refractivity contribution in [1.29, 1.82) is 0 Å². The number of rotatable bonds is 6. The molecule has 7 nitrogen and oxygen atoms in total. The van der Waals surface area contributed by atoms with Gasteiger partial charge in [-0.15, -0.1) is 0 Å². The number of esters is 1. The summed E-state index contributed by atoms with van der Waals surface area (Å²) in [5.41, 5.74) is -0.742. The largest absolute Gasteiger partial charge is 0.465 e. The first kappa shape index (κ1) is 18.3. The number of nitrogens with one attached hydrogen (secondary N) is 3. The molecule has 3 N–H and O–H groups in total. The summed E-state index contributed by atoms with van der Waals surface area (Å²) in [7, 11) is 1.06. The van der Waals surface area contributed by atoms with E-state index in [2.05, 4.69) is 15.4 Å². The van der Waals surface area contributed by atoms with Crippen molar-refractivity contribution in [3.8, 4) is 0 Å². The molecule has 3 amide bonds. The molecule has 0 saturated carbocycles. The molecule has 9 heteroatoms. The van der Waals surface area contributed by atoms with Crippen molar-refractivity contribution in [3.05, 3.63) is 29.3 Å². The van der Waals surface area contributed by atoms with Crippen molar-refractivity contribution in [2.45, 2.75) is 13.3 Å². The van der Waals surface area contributed by atoms with Crippen molar-refractivity contribution in [2.24, 2.45) is 0 Å². The molecular weight excluding hydrogens is 312 g/mol. The number of carbonyl (C=O) groups excluding carboxylic acids is 3. The molecule has 0 aliphatic rings. The van der Waals surface area contributed by atoms with Crippen molar-refractivity contribution in [3.63, 3.8) is 0 Å². The monoisotopic (exact) mass is 329 g/mol. The highest BCUT2D eigenvalue weighted by atomic mass is 19.1. The molecule has 0 heterocycles. The van der Waals surface area contributed by atoms with Gasteiger partial charge in [0, 0.05) is 12.6 Å². The first-order valence-corrected chi connectivity index (χ1v) is 6.78. The first-order valence-electron chi connectivity index (χ1n) is 6.78. The van der Waals surface area contributed by atoms with Crippen LogP contribution in [0.15, 0.2) is 12.1 Å². The quantitative estimate of drug-likeness (QED) is 0.686. The second kappa shape index (κ2) is 8.66. The molecule has 23 heavy (non-hydrogen) atoms. The Balaban J connectivity index is 2.68. The van der Waals surface area contributed by atoms with E-state index in [9.17, 15) is 23.2 Å². The van der Waals surface area contributed by atoms with Gasteiger partial charge >= 0.3 is 12.0 Å². The van der Waals surface area contributed by atoms with E-state index in [1.165, 1.54) is 0 Å². The summed E-state index contributed by atoms with van der Waals surface area (Å²) < 4.78 is 31.4. The predicted molar refractivity (Wildman–Crippen MR) is 78.0 cm³/mol. The Bertz CT molecular complexity index is 608. The van der Waals surface area contributed by atoms with Gasteiger partial charge in [-0.25, -0.2) is 18.4 Å². The normalized spacial score (nSPS) is 9.91. The number of urea groups is 1. The van der Waals surface area contributed by atoms with E-state index in [1.807, 2.05) is 12.2 Å². The van der Waals surface area contributed by atoms with E-state index in [-0.39, 0.29) is 5.69 Å². The number of amides is 3. The van der Waals surface area contributed by atoms with E-state index in [4.69, 9.17) is 0 Å². The van der Waals surface area contributed by atoms with Crippen LogP contribution in [0.5, 0.6) is 0 Å². The molecule has 0 saturated heterocycles. The Morgan fingerprint density at radius 1 is 1.17 bits per heavy atom. The van der Waals surface area contributed by atoms with Crippen LogP contribution < -0.4 is 16.0 Å². The number of anilines is 1. The minimum absolute atomic E-state index is 0.268. The van der Waals surface area contributed by atoms with Crippen LogP contribution in [0.3, 0.4) is 0 Å². The highest BCUT2D eigenvalue weighted by Gasteiger charge is 2.17. The third-order valence-electron chi connectivity index (χ3n) is 2.69. The maximum atomic E-state index is 13.6. The maximum absolute atomic E-state index is 13.6. The standard InChI is InChI=1S/C14H17F2N3O4/c1-3-4-17-14(22)19-12(20)7-18-11-5-8(13(21)23-2)9(15)6-10(11)16/h5-6,18H,3-4,7H2,1-2H3,(H2,17,19,20,22). The fourth-order valence-electron chi connectivity index (χ4n) is 1.58. The Hall–Kier alpha value is -2.71. The summed E-state index contributed by atoms with van der Waals surface area (Å²) in [5.74, 6) is -3.77. The van der Waals surface area contributed by atoms with Crippen LogP contribution in [0.2, 0.25) is 0 Å². The fourth-order valence-corrected chi connectivity index (χ4v) is 1.58. The maximum Gasteiger partial charge on any atom is 0.340 e. The van der Waals surface area contributed by atoms with Gasteiger partial charge < -0.3 is 15.4 Å². The number of hydrogen-bond donors (Lipinski definition) is 3. The van der Waals surface area contributed by atoms with Gasteiger partial charge in [0.25, 0.3) is 0 Å². The lowest BCUT2D eigenvalue weighted by Crippen LogP contribution is -2.42. The molecule has 126 valence electrons. The predicted octanol–water partition coefficient (Wildman–Crippen LogP) is 1.40. The second-order valence-electron chi connectivity index (χ2n) is 4.46. The summed E-state index contributed by atoms with van der Waals surface area (Å²) in [6.45, 7) is 1.81. The fraction of sp³-hybridized carbons (Fsp3) is 0.357. The summed E-state index contributed by atoms with van der Waals surface area (Å²) in [5, 5.41) is 6.83. The van der Waals surface area contributed by atoms with E-state index >= 15 is 0 Å². The van der Waals surface area contributed by atoms with E-state index < -0.39 is 41.7 Å². The molecule has 0 aromatic heterocycles. The molecule has 1 rings (SSSR count). The van der Waals surface area contributed by atoms with Crippen molar-refractivity contribution in [1.82, 2.24) is 10.6 Å². The highest BCUT2D eigenvalue weighted by Crippen LogP contribution is 2.20. The number of methoxy groups -OCH3 is 1. The van der Waals surface area contributed by atoms with Crippen molar-refractivity contribution < 1.29 is 27.9 Å². The lowest BCUT2D eigenvalue weighted by Gasteiger charge is -2.10. The van der Waals surface area contributed by atoms with Gasteiger partial charge in [-0.2, -0.15) is 0 Å². The van der Waals surface area contributed by atoms with Gasteiger partial charge in [-0.1, -0.05) is 6.92 Å². The second-order valence-corrected chi connectivity index (χ2v) is 4.46. The number of hydrogen-bond acceptors (Lipinski definition) is 5. The third-order valence-corrected chi connectivity index (χ3v) is 2.69. The molecule has 1 aromatic carbocycles. The first-order chi connectivity index (χ1) is 10.9. The van der Waals surface area contributed by atoms with Gasteiger partial charge in [-0.3, -0.25) is 10.1 Å². The minimum atomic E-state index is -1.08. The summed E-state index contributed by atoms with van der Waals surface area (Å²) >= 11 is 0. The van der Waals surface area contributed by atoms with Crippen LogP contribution in [0.4, 0.5) is 19.3 Å². The van der Waals surface area contributed by atoms with E-state index in [0.29, 0.717) is 19.0 Å². The lowest BCUT2D eigenvalue weighted by molar-refractivity contribution is -0.118. The molecule has 0 spiro atoms. The summed E-state index contributed by atoms with van der Waals surface area (Å²) in [4.78, 5) is 34.1. The van der Waals surface area contributed by atoms with E-state index in [1.54, 1.807) is 0 Å². The van der Waals surface area contributed by atoms with Crippen molar-refractivity contribution >= 4 is 23.6 Å². The molecule has 0 aliphatic heterocycles. The average molecular weight is 329 g/mol. The van der Waals surface area contributed by atoms with Crippen LogP contribution in [0.1, 0.15) is 23.7 Å². The van der Waals surface area contributed by atoms with Gasteiger partial charge in [0.15, 0.2) is 0 Å². The topological polar surface area (TPSA) is 96.5 Å². The molecular formula is C14H17F2N3O4. The third kappa shape index (κ3) is 5.53. The minimum Gasteiger partial charge on any atom is -0.465 e. The molecule has 0 atom stereocenters. The van der Waals surface area contributed by atoms with Gasteiger partial charge in [0.2, 0.25) is 5.91 Å². The van der Waals surface area contributed by atoms with Gasteiger partial charge in [0.05, 0.1) is 24.9 Å². The average Bonchev–Trinajstić information content (AvgIpc) is 2.51. The zero-order valence-corrected chi connectivity index (χ0v) is 12.7. The molecule has 0 unspecified atom stereocenters. The van der Waals surface area contributed by atoms with Gasteiger partial charge in [0.1, 0.15) is 11.6 Å². The van der Waals surface area contributed by atoms with Crippen LogP contribution in [0.25, 0.3) is 0 Å². The number of benzene rings is 1. The smallest absolute Gasteiger partial charge is 0.340 e. The molecule has 1 aromatic rings. The molecule has 0 bridgehead atoms. The van der Waals surface area contributed by atoms with E-state index in [0.717, 1.165) is 13.2 Å². The number of imide groups is 1. The highest BCUT2D eigenvalue weighted by molar-refractivity contribution is 5.96. The van der Waals surface area contributed by atoms with Gasteiger partial charge in [-0.05, 0) is 12.5 Å². The Morgan fingerprint density at radius 3 is 2.48 bits per heavy atom. The lowest BCUT2D eigenvalue weighted by atomic mass is 10.1. The van der Waals surface area contributed by atoms with Crippen LogP contribution >= 0.6 is 0 Å². The molecule has 0 aliphatic carbocycles. The number of ether oxygens (including phenoxy) is 1. The van der Waals surface area contributed by atoms with Crippen LogP contribution in [-0.4, -0.2) is 38.1 Å². The van der Waals surface area contributed by atoms with Crippen LogP contribution in [-0.2, 0) is 9.53 Å². The Morgan fingerprint density at radius 2 is 1.87 bits per heavy atom. The van der Waals surface area contributed by atoms with Crippen LogP contribution in [0, 0.1) is 11.6 Å². The van der Waals surface area contributed by atoms with Crippen molar-refractivity contribution in [2.75, 3.05) is 25.5 Å². The SMILES string of the molecule is CCCNC(=O)NC(=O)CNc1cc(C(=O)OC)c(F)cc1F.